The molecule has 3 N–H and O–H groups in total. The van der Waals surface area contributed by atoms with Gasteiger partial charge in [-0.3, -0.25) is 9.89 Å². The number of aromatic nitrogens is 2. The second kappa shape index (κ2) is 7.90. The van der Waals surface area contributed by atoms with E-state index in [1.54, 1.807) is 35.2 Å². The number of nitrogens with one attached hydrogen (secondary N) is 3. The number of rotatable bonds is 3. The average molecular weight is 458 g/mol. The van der Waals surface area contributed by atoms with Crippen LogP contribution in [0.5, 0.6) is 0 Å². The number of hydrogen-bond acceptors (Lipinski definition) is 3. The lowest BCUT2D eigenvalue weighted by Crippen LogP contribution is -2.43. The van der Waals surface area contributed by atoms with Crippen LogP contribution >= 0.6 is 23.2 Å². The zero-order valence-corrected chi connectivity index (χ0v) is 18.7. The molecule has 0 spiro atoms. The summed E-state index contributed by atoms with van der Waals surface area (Å²) >= 11 is 12.4. The van der Waals surface area contributed by atoms with Crippen molar-refractivity contribution in [3.05, 3.63) is 74.9 Å². The summed E-state index contributed by atoms with van der Waals surface area (Å²) < 4.78 is 0. The Morgan fingerprint density at radius 3 is 2.35 bits per heavy atom. The largest absolute Gasteiger partial charge is 0.323 e. The molecule has 0 radical (unpaired) electrons. The van der Waals surface area contributed by atoms with Crippen LogP contribution in [0.2, 0.25) is 10.0 Å². The van der Waals surface area contributed by atoms with Crippen LogP contribution in [-0.2, 0) is 12.1 Å². The van der Waals surface area contributed by atoms with Crippen molar-refractivity contribution in [2.24, 2.45) is 0 Å². The molecule has 9 heteroatoms. The van der Waals surface area contributed by atoms with Crippen molar-refractivity contribution >= 4 is 46.6 Å². The lowest BCUT2D eigenvalue weighted by molar-refractivity contribution is 0.102. The number of para-hydroxylation sites is 1. The molecule has 1 aromatic heterocycles. The third-order valence-electron chi connectivity index (χ3n) is 5.46. The Labute approximate surface area is 189 Å². The normalized spacial score (nSPS) is 14.3. The molecule has 2 aromatic carbocycles. The van der Waals surface area contributed by atoms with Gasteiger partial charge >= 0.3 is 6.03 Å². The Bertz CT molecular complexity index is 1150. The van der Waals surface area contributed by atoms with Crippen molar-refractivity contribution in [2.75, 3.05) is 10.6 Å². The van der Waals surface area contributed by atoms with Crippen molar-refractivity contribution < 1.29 is 9.59 Å². The maximum atomic E-state index is 13.1. The smallest absolute Gasteiger partial charge is 0.309 e. The van der Waals surface area contributed by atoms with Gasteiger partial charge in [0.05, 0.1) is 33.5 Å². The van der Waals surface area contributed by atoms with Gasteiger partial charge in [-0.15, -0.1) is 0 Å². The fraction of sp³-hybridized carbons (Fsp3) is 0.227. The van der Waals surface area contributed by atoms with E-state index < -0.39 is 5.54 Å². The van der Waals surface area contributed by atoms with E-state index in [4.69, 9.17) is 23.2 Å². The number of benzene rings is 2. The summed E-state index contributed by atoms with van der Waals surface area (Å²) in [6.45, 7) is 6.02. The summed E-state index contributed by atoms with van der Waals surface area (Å²) in [7, 11) is 0. The highest BCUT2D eigenvalue weighted by atomic mass is 35.5. The molecule has 3 aromatic rings. The maximum Gasteiger partial charge on any atom is 0.323 e. The fourth-order valence-corrected chi connectivity index (χ4v) is 4.11. The highest BCUT2D eigenvalue weighted by Crippen LogP contribution is 2.41. The number of aryl methyl sites for hydroxylation is 1. The number of urea groups is 1. The van der Waals surface area contributed by atoms with Gasteiger partial charge < -0.3 is 15.5 Å². The minimum atomic E-state index is -0.688. The number of H-pyrrole nitrogens is 1. The number of carbonyl (C=O) groups is 2. The monoisotopic (exact) mass is 457 g/mol. The van der Waals surface area contributed by atoms with E-state index >= 15 is 0 Å². The topological polar surface area (TPSA) is 90.1 Å². The predicted octanol–water partition coefficient (Wildman–Crippen LogP) is 5.56. The van der Waals surface area contributed by atoms with Gasteiger partial charge in [-0.2, -0.15) is 5.10 Å². The molecule has 31 heavy (non-hydrogen) atoms. The minimum absolute atomic E-state index is 0.260. The number of carbonyl (C=O) groups excluding carboxylic acids is 2. The van der Waals surface area contributed by atoms with E-state index in [1.807, 2.05) is 32.9 Å². The van der Waals surface area contributed by atoms with Crippen molar-refractivity contribution in [3.8, 4) is 0 Å². The lowest BCUT2D eigenvalue weighted by Gasteiger charge is -2.32. The molecule has 160 valence electrons. The Morgan fingerprint density at radius 1 is 1.06 bits per heavy atom. The number of nitrogens with zero attached hydrogens (tertiary/aromatic N) is 2. The van der Waals surface area contributed by atoms with Crippen LogP contribution in [-0.4, -0.2) is 27.0 Å². The van der Waals surface area contributed by atoms with E-state index in [1.165, 1.54) is 0 Å². The van der Waals surface area contributed by atoms with Crippen LogP contribution in [0.1, 0.15) is 41.0 Å². The van der Waals surface area contributed by atoms with E-state index in [2.05, 4.69) is 20.8 Å². The third-order valence-corrected chi connectivity index (χ3v) is 6.09. The number of fused-ring (bicyclic) bond motifs is 1. The van der Waals surface area contributed by atoms with Gasteiger partial charge in [-0.25, -0.2) is 4.79 Å². The van der Waals surface area contributed by atoms with Crippen LogP contribution in [0.3, 0.4) is 0 Å². The number of amides is 3. The quantitative estimate of drug-likeness (QED) is 0.480. The summed E-state index contributed by atoms with van der Waals surface area (Å²) in [5, 5.41) is 13.6. The summed E-state index contributed by atoms with van der Waals surface area (Å²) in [6.07, 6.45) is 0. The van der Waals surface area contributed by atoms with E-state index in [9.17, 15) is 9.59 Å². The standard InChI is InChI=1S/C22H21Cl2N5O2/c1-12-7-9-13(10-8-12)20(30)26-19-14-11-29(22(2,3)18(14)27-28-19)21(31)25-17-15(23)5-4-6-16(17)24/h4-10H,11H2,1-3H3,(H,25,31)(H2,26,27,28,30). The molecular formula is C22H21Cl2N5O2. The lowest BCUT2D eigenvalue weighted by atomic mass is 10.0. The first-order chi connectivity index (χ1) is 14.7. The highest BCUT2D eigenvalue weighted by molar-refractivity contribution is 6.39. The molecule has 2 heterocycles. The molecule has 0 atom stereocenters. The highest BCUT2D eigenvalue weighted by Gasteiger charge is 2.44. The molecule has 1 aliphatic rings. The molecular weight excluding hydrogens is 437 g/mol. The van der Waals surface area contributed by atoms with E-state index in [0.717, 1.165) is 16.8 Å². The summed E-state index contributed by atoms with van der Waals surface area (Å²) in [6, 6.07) is 11.9. The molecule has 1 aliphatic heterocycles. The number of hydrogen-bond donors (Lipinski definition) is 3. The van der Waals surface area contributed by atoms with Crippen LogP contribution in [0.25, 0.3) is 0 Å². The van der Waals surface area contributed by atoms with Crippen LogP contribution in [0.15, 0.2) is 42.5 Å². The first-order valence-corrected chi connectivity index (χ1v) is 10.4. The fourth-order valence-electron chi connectivity index (χ4n) is 3.62. The molecule has 7 nitrogen and oxygen atoms in total. The van der Waals surface area contributed by atoms with E-state index in [-0.39, 0.29) is 18.5 Å². The molecule has 3 amide bonds. The molecule has 0 saturated carbocycles. The SMILES string of the molecule is Cc1ccc(C(=O)Nc2n[nH]c3c2CN(C(=O)Nc2c(Cl)cccc2Cl)C3(C)C)cc1. The number of halogens is 2. The first kappa shape index (κ1) is 21.2. The first-order valence-electron chi connectivity index (χ1n) is 9.67. The average Bonchev–Trinajstić information content (AvgIpc) is 3.23. The van der Waals surface area contributed by atoms with Crippen molar-refractivity contribution in [1.82, 2.24) is 15.1 Å². The summed E-state index contributed by atoms with van der Waals surface area (Å²) in [5.41, 5.74) is 2.78. The number of aromatic amines is 1. The Kier molecular flexibility index (Phi) is 5.41. The Morgan fingerprint density at radius 2 is 1.71 bits per heavy atom. The molecule has 0 bridgehead atoms. The molecule has 4 rings (SSSR count). The van der Waals surface area contributed by atoms with Gasteiger partial charge in [0.15, 0.2) is 5.82 Å². The van der Waals surface area contributed by atoms with Crippen molar-refractivity contribution in [2.45, 2.75) is 32.9 Å². The van der Waals surface area contributed by atoms with Crippen LogP contribution < -0.4 is 10.6 Å². The maximum absolute atomic E-state index is 13.1. The molecule has 0 unspecified atom stereocenters. The minimum Gasteiger partial charge on any atom is -0.309 e. The zero-order chi connectivity index (χ0) is 22.3. The van der Waals surface area contributed by atoms with Gasteiger partial charge in [-0.1, -0.05) is 47.0 Å². The summed E-state index contributed by atoms with van der Waals surface area (Å²) in [4.78, 5) is 27.3. The third kappa shape index (κ3) is 3.86. The number of anilines is 2. The van der Waals surface area contributed by atoms with Gasteiger partial charge in [0.1, 0.15) is 0 Å². The van der Waals surface area contributed by atoms with Gasteiger partial charge in [0, 0.05) is 11.1 Å². The van der Waals surface area contributed by atoms with Crippen LogP contribution in [0.4, 0.5) is 16.3 Å². The van der Waals surface area contributed by atoms with Crippen molar-refractivity contribution in [1.29, 1.82) is 0 Å². The van der Waals surface area contributed by atoms with Gasteiger partial charge in [0.2, 0.25) is 0 Å². The molecule has 0 aliphatic carbocycles. The second-order valence-electron chi connectivity index (χ2n) is 7.92. The Balaban J connectivity index is 1.55. The zero-order valence-electron chi connectivity index (χ0n) is 17.2. The molecule has 0 saturated heterocycles. The summed E-state index contributed by atoms with van der Waals surface area (Å²) in [5.74, 6) is 0.137. The van der Waals surface area contributed by atoms with Crippen LogP contribution in [0, 0.1) is 6.92 Å². The predicted molar refractivity (Wildman–Crippen MR) is 122 cm³/mol. The Hall–Kier alpha value is -3.03. The van der Waals surface area contributed by atoms with Gasteiger partial charge in [0.25, 0.3) is 5.91 Å². The van der Waals surface area contributed by atoms with Gasteiger partial charge in [-0.05, 0) is 45.0 Å². The van der Waals surface area contributed by atoms with E-state index in [0.29, 0.717) is 27.1 Å². The van der Waals surface area contributed by atoms with Crippen molar-refractivity contribution in [3.63, 3.8) is 0 Å². The second-order valence-corrected chi connectivity index (χ2v) is 8.73. The molecule has 0 fully saturated rings.